The zero-order chi connectivity index (χ0) is 20.7. The molecule has 0 radical (unpaired) electrons. The largest absolute Gasteiger partial charge is 0.354 e. The minimum Gasteiger partial charge on any atom is -0.354 e. The van der Waals surface area contributed by atoms with Crippen LogP contribution in [-0.2, 0) is 13.1 Å². The molecule has 0 bridgehead atoms. The molecule has 30 heavy (non-hydrogen) atoms. The van der Waals surface area contributed by atoms with Gasteiger partial charge in [0.1, 0.15) is 5.82 Å². The molecule has 0 aliphatic carbocycles. The number of rotatable bonds is 4. The summed E-state index contributed by atoms with van der Waals surface area (Å²) in [5.41, 5.74) is 0.839. The Morgan fingerprint density at radius 1 is 1.27 bits per heavy atom. The Morgan fingerprint density at radius 3 is 3.00 bits per heavy atom. The van der Waals surface area contributed by atoms with Crippen LogP contribution in [0.5, 0.6) is 0 Å². The second kappa shape index (κ2) is 7.96. The Bertz CT molecular complexity index is 1150. The minimum absolute atomic E-state index is 0.202. The molecule has 0 saturated carbocycles. The highest BCUT2D eigenvalue weighted by atomic mass is 32.2. The van der Waals surface area contributed by atoms with Crippen molar-refractivity contribution in [1.82, 2.24) is 19.9 Å². The summed E-state index contributed by atoms with van der Waals surface area (Å²) in [7, 11) is 0. The SMILES string of the molecule is O=c1c(CNC2CCCN(c3cnccn3)C2)cn2c3c(c(F)c(F)cc13)SCC2. The van der Waals surface area contributed by atoms with Crippen molar-refractivity contribution in [2.24, 2.45) is 0 Å². The third kappa shape index (κ3) is 3.45. The summed E-state index contributed by atoms with van der Waals surface area (Å²) in [6.07, 6.45) is 8.90. The van der Waals surface area contributed by atoms with E-state index in [4.69, 9.17) is 0 Å². The average molecular weight is 429 g/mol. The summed E-state index contributed by atoms with van der Waals surface area (Å²) in [5.74, 6) is -0.333. The number of thioether (sulfide) groups is 1. The minimum atomic E-state index is -0.965. The van der Waals surface area contributed by atoms with Gasteiger partial charge in [0.25, 0.3) is 0 Å². The third-order valence-corrected chi connectivity index (χ3v) is 6.79. The van der Waals surface area contributed by atoms with Crippen LogP contribution in [0.2, 0.25) is 0 Å². The van der Waals surface area contributed by atoms with E-state index in [2.05, 4.69) is 20.2 Å². The Hall–Kier alpha value is -2.52. The standard InChI is InChI=1S/C21H21F2N5OS/c22-16-8-15-19-21(18(16)23)30-7-6-28(19)11-13(20(15)29)9-26-14-2-1-5-27(12-14)17-10-24-3-4-25-17/h3-4,8,10-11,14,26H,1-2,5-7,9,12H2. The number of aryl methyl sites for hydroxylation is 1. The summed E-state index contributed by atoms with van der Waals surface area (Å²) in [6, 6.07) is 1.24. The van der Waals surface area contributed by atoms with E-state index in [0.29, 0.717) is 29.9 Å². The second-order valence-corrected chi connectivity index (χ2v) is 8.76. The van der Waals surface area contributed by atoms with Crippen molar-refractivity contribution in [1.29, 1.82) is 0 Å². The number of piperidine rings is 1. The summed E-state index contributed by atoms with van der Waals surface area (Å²) < 4.78 is 30.2. The van der Waals surface area contributed by atoms with Gasteiger partial charge in [-0.05, 0) is 18.9 Å². The molecule has 1 unspecified atom stereocenters. The van der Waals surface area contributed by atoms with E-state index in [1.54, 1.807) is 24.8 Å². The van der Waals surface area contributed by atoms with Crippen molar-refractivity contribution >= 4 is 28.5 Å². The van der Waals surface area contributed by atoms with Crippen LogP contribution in [0.15, 0.2) is 40.5 Å². The molecule has 6 nitrogen and oxygen atoms in total. The number of halogens is 2. The molecule has 0 spiro atoms. The van der Waals surface area contributed by atoms with E-state index in [-0.39, 0.29) is 21.8 Å². The molecule has 0 amide bonds. The lowest BCUT2D eigenvalue weighted by Crippen LogP contribution is -2.46. The number of anilines is 1. The van der Waals surface area contributed by atoms with Gasteiger partial charge in [-0.25, -0.2) is 13.8 Å². The molecule has 1 aromatic carbocycles. The monoisotopic (exact) mass is 429 g/mol. The fourth-order valence-electron chi connectivity index (χ4n) is 4.28. The Morgan fingerprint density at radius 2 is 2.17 bits per heavy atom. The highest BCUT2D eigenvalue weighted by Gasteiger charge is 2.24. The summed E-state index contributed by atoms with van der Waals surface area (Å²) in [4.78, 5) is 23.9. The predicted molar refractivity (Wildman–Crippen MR) is 113 cm³/mol. The van der Waals surface area contributed by atoms with Crippen molar-refractivity contribution in [3.8, 4) is 0 Å². The van der Waals surface area contributed by atoms with E-state index in [1.165, 1.54) is 11.8 Å². The van der Waals surface area contributed by atoms with Crippen LogP contribution >= 0.6 is 11.8 Å². The molecule has 9 heteroatoms. The number of hydrogen-bond donors (Lipinski definition) is 1. The van der Waals surface area contributed by atoms with E-state index >= 15 is 0 Å². The molecule has 156 valence electrons. The van der Waals surface area contributed by atoms with Gasteiger partial charge in [-0.3, -0.25) is 9.78 Å². The molecular formula is C21H21F2N5OS. The first-order chi connectivity index (χ1) is 14.6. The van der Waals surface area contributed by atoms with Gasteiger partial charge in [-0.15, -0.1) is 11.8 Å². The highest BCUT2D eigenvalue weighted by molar-refractivity contribution is 7.99. The Balaban J connectivity index is 1.39. The van der Waals surface area contributed by atoms with Crippen LogP contribution in [0.4, 0.5) is 14.6 Å². The Labute approximate surface area is 176 Å². The molecule has 1 atom stereocenters. The molecule has 4 heterocycles. The number of nitrogens with one attached hydrogen (secondary N) is 1. The van der Waals surface area contributed by atoms with Gasteiger partial charge in [0.15, 0.2) is 17.1 Å². The van der Waals surface area contributed by atoms with Gasteiger partial charge in [-0.2, -0.15) is 0 Å². The highest BCUT2D eigenvalue weighted by Crippen LogP contribution is 2.35. The van der Waals surface area contributed by atoms with Gasteiger partial charge in [0.2, 0.25) is 0 Å². The normalized spacial score (nSPS) is 18.7. The van der Waals surface area contributed by atoms with Crippen molar-refractivity contribution in [3.63, 3.8) is 0 Å². The first-order valence-electron chi connectivity index (χ1n) is 10.0. The smallest absolute Gasteiger partial charge is 0.194 e. The molecule has 2 aliphatic rings. The number of aromatic nitrogens is 3. The number of nitrogens with zero attached hydrogens (tertiary/aromatic N) is 4. The molecular weight excluding hydrogens is 408 g/mol. The van der Waals surface area contributed by atoms with Crippen molar-refractivity contribution in [2.45, 2.75) is 36.9 Å². The van der Waals surface area contributed by atoms with Gasteiger partial charge in [-0.1, -0.05) is 0 Å². The maximum Gasteiger partial charge on any atom is 0.194 e. The maximum absolute atomic E-state index is 14.2. The second-order valence-electron chi connectivity index (χ2n) is 7.65. The Kier molecular flexibility index (Phi) is 5.16. The molecule has 2 aliphatic heterocycles. The number of pyridine rings is 1. The zero-order valence-corrected chi connectivity index (χ0v) is 17.1. The lowest BCUT2D eigenvalue weighted by molar-refractivity contribution is 0.419. The number of hydrogen-bond acceptors (Lipinski definition) is 6. The third-order valence-electron chi connectivity index (χ3n) is 5.74. The fraction of sp³-hybridized carbons (Fsp3) is 0.381. The van der Waals surface area contributed by atoms with Crippen LogP contribution in [0.25, 0.3) is 10.9 Å². The van der Waals surface area contributed by atoms with Gasteiger partial charge in [0, 0.05) is 62.1 Å². The van der Waals surface area contributed by atoms with Gasteiger partial charge < -0.3 is 14.8 Å². The average Bonchev–Trinajstić information content (AvgIpc) is 2.79. The van der Waals surface area contributed by atoms with Crippen LogP contribution in [0.3, 0.4) is 0 Å². The molecule has 1 saturated heterocycles. The first-order valence-corrected chi connectivity index (χ1v) is 11.0. The lowest BCUT2D eigenvalue weighted by atomic mass is 10.0. The number of benzene rings is 1. The van der Waals surface area contributed by atoms with Gasteiger partial charge in [0.05, 0.1) is 22.0 Å². The summed E-state index contributed by atoms with van der Waals surface area (Å²) in [6.45, 7) is 2.75. The van der Waals surface area contributed by atoms with Crippen LogP contribution in [0.1, 0.15) is 18.4 Å². The van der Waals surface area contributed by atoms with Gasteiger partial charge >= 0.3 is 0 Å². The van der Waals surface area contributed by atoms with Crippen LogP contribution in [-0.4, -0.2) is 39.4 Å². The maximum atomic E-state index is 14.2. The molecule has 3 aromatic rings. The first kappa shape index (κ1) is 19.4. The molecule has 2 aromatic heterocycles. The molecule has 1 fully saturated rings. The van der Waals surface area contributed by atoms with Crippen molar-refractivity contribution < 1.29 is 8.78 Å². The summed E-state index contributed by atoms with van der Waals surface area (Å²) in [5, 5.41) is 3.73. The van der Waals surface area contributed by atoms with Crippen molar-refractivity contribution in [3.05, 3.63) is 58.3 Å². The van der Waals surface area contributed by atoms with Crippen LogP contribution < -0.4 is 15.6 Å². The zero-order valence-electron chi connectivity index (χ0n) is 16.3. The van der Waals surface area contributed by atoms with E-state index in [1.807, 2.05) is 4.57 Å². The molecule has 5 rings (SSSR count). The van der Waals surface area contributed by atoms with E-state index in [9.17, 15) is 13.6 Å². The summed E-state index contributed by atoms with van der Waals surface area (Å²) >= 11 is 1.26. The van der Waals surface area contributed by atoms with Crippen LogP contribution in [0, 0.1) is 11.6 Å². The van der Waals surface area contributed by atoms with E-state index < -0.39 is 11.6 Å². The fourth-order valence-corrected chi connectivity index (χ4v) is 5.36. The van der Waals surface area contributed by atoms with Crippen molar-refractivity contribution in [2.75, 3.05) is 23.7 Å². The topological polar surface area (TPSA) is 63.1 Å². The lowest BCUT2D eigenvalue weighted by Gasteiger charge is -2.34. The molecule has 1 N–H and O–H groups in total. The quantitative estimate of drug-likeness (QED) is 0.688. The van der Waals surface area contributed by atoms with E-state index in [0.717, 1.165) is 37.8 Å². The predicted octanol–water partition coefficient (Wildman–Crippen LogP) is 2.93.